The molecule has 1 aromatic rings. The van der Waals surface area contributed by atoms with Gasteiger partial charge in [-0.2, -0.15) is 0 Å². The average Bonchev–Trinajstić information content (AvgIpc) is 2.28. The first-order valence-electron chi connectivity index (χ1n) is 5.89. The predicted molar refractivity (Wildman–Crippen MR) is 65.1 cm³/mol. The normalized spacial score (nSPS) is 16.6. The molecule has 4 nitrogen and oxygen atoms in total. The first-order valence-corrected chi connectivity index (χ1v) is 5.89. The Morgan fingerprint density at radius 2 is 2.29 bits per heavy atom. The molecule has 0 aromatic heterocycles. The summed E-state index contributed by atoms with van der Waals surface area (Å²) in [4.78, 5) is 13.1. The highest BCUT2D eigenvalue weighted by Crippen LogP contribution is 2.26. The fourth-order valence-electron chi connectivity index (χ4n) is 1.77. The molecule has 1 fully saturated rings. The molecule has 1 unspecified atom stereocenters. The van der Waals surface area contributed by atoms with Gasteiger partial charge in [-0.1, -0.05) is 6.07 Å². The summed E-state index contributed by atoms with van der Waals surface area (Å²) in [6.07, 6.45) is 0.364. The average molecular weight is 235 g/mol. The monoisotopic (exact) mass is 235 g/mol. The third-order valence-corrected chi connectivity index (χ3v) is 2.68. The molecule has 1 amide bonds. The van der Waals surface area contributed by atoms with Crippen LogP contribution in [0.1, 0.15) is 20.3 Å². The largest absolute Gasteiger partial charge is 0.465 e. The molecule has 1 heterocycles. The van der Waals surface area contributed by atoms with Crippen LogP contribution in [0, 0.1) is 0 Å². The predicted octanol–water partition coefficient (Wildman–Crippen LogP) is 2.18. The lowest BCUT2D eigenvalue weighted by molar-refractivity contribution is -0.122. The fraction of sp³-hybridized carbons (Fsp3) is 0.462. The number of hydrogen-bond donors (Lipinski definition) is 0. The molecule has 0 N–H and O–H groups in total. The van der Waals surface area contributed by atoms with E-state index >= 15 is 0 Å². The van der Waals surface area contributed by atoms with E-state index in [0.29, 0.717) is 13.0 Å². The van der Waals surface area contributed by atoms with E-state index in [9.17, 15) is 4.79 Å². The van der Waals surface area contributed by atoms with Crippen LogP contribution >= 0.6 is 0 Å². The Balaban J connectivity index is 2.03. The summed E-state index contributed by atoms with van der Waals surface area (Å²) in [6, 6.07) is 7.53. The van der Waals surface area contributed by atoms with Gasteiger partial charge < -0.3 is 14.4 Å². The molecule has 4 heteroatoms. The Kier molecular flexibility index (Phi) is 3.64. The summed E-state index contributed by atoms with van der Waals surface area (Å²) in [5.41, 5.74) is 0.891. The number of rotatable bonds is 5. The third kappa shape index (κ3) is 2.77. The molecule has 92 valence electrons. The van der Waals surface area contributed by atoms with Crippen molar-refractivity contribution in [2.24, 2.45) is 0 Å². The van der Waals surface area contributed by atoms with Crippen molar-refractivity contribution in [3.63, 3.8) is 0 Å². The van der Waals surface area contributed by atoms with E-state index in [1.165, 1.54) is 0 Å². The summed E-state index contributed by atoms with van der Waals surface area (Å²) < 4.78 is 10.9. The highest BCUT2D eigenvalue weighted by Gasteiger charge is 2.25. The second-order valence-electron chi connectivity index (χ2n) is 3.93. The lowest BCUT2D eigenvalue weighted by Crippen LogP contribution is -2.43. The quantitative estimate of drug-likeness (QED) is 0.580. The topological polar surface area (TPSA) is 38.8 Å². The van der Waals surface area contributed by atoms with Gasteiger partial charge in [0.2, 0.25) is 5.91 Å². The van der Waals surface area contributed by atoms with E-state index in [1.807, 2.05) is 38.1 Å². The van der Waals surface area contributed by atoms with Gasteiger partial charge in [-0.25, -0.2) is 0 Å². The number of carbonyl (C=O) groups is 1. The van der Waals surface area contributed by atoms with Gasteiger partial charge in [0.15, 0.2) is 6.29 Å². The van der Waals surface area contributed by atoms with Crippen molar-refractivity contribution in [2.45, 2.75) is 26.6 Å². The summed E-state index contributed by atoms with van der Waals surface area (Å²) in [7, 11) is 0. The van der Waals surface area contributed by atoms with Crippen LogP contribution < -0.4 is 9.64 Å². The molecule has 17 heavy (non-hydrogen) atoms. The first kappa shape index (κ1) is 11.9. The Morgan fingerprint density at radius 1 is 1.47 bits per heavy atom. The highest BCUT2D eigenvalue weighted by atomic mass is 16.7. The van der Waals surface area contributed by atoms with Crippen LogP contribution in [0.4, 0.5) is 5.69 Å². The number of nitrogens with zero attached hydrogens (tertiary/aromatic N) is 1. The highest BCUT2D eigenvalue weighted by molar-refractivity contribution is 5.99. The second kappa shape index (κ2) is 5.19. The summed E-state index contributed by atoms with van der Waals surface area (Å²) in [6.45, 7) is 5.19. The van der Waals surface area contributed by atoms with E-state index in [4.69, 9.17) is 9.47 Å². The minimum absolute atomic E-state index is 0.167. The standard InChI is InChI=1S/C13H17NO3/c1-3-16-10(2)17-12-6-4-5-11(9-12)14-8-7-13(14)15/h4-6,9-10H,3,7-8H2,1-2H3. The number of β-lactam (4-membered cyclic amide) rings is 1. The third-order valence-electron chi connectivity index (χ3n) is 2.68. The van der Waals surface area contributed by atoms with E-state index in [2.05, 4.69) is 0 Å². The molecule has 2 rings (SSSR count). The van der Waals surface area contributed by atoms with Gasteiger partial charge in [0.05, 0.1) is 0 Å². The number of hydrogen-bond acceptors (Lipinski definition) is 3. The van der Waals surface area contributed by atoms with Crippen molar-refractivity contribution in [1.29, 1.82) is 0 Å². The van der Waals surface area contributed by atoms with Gasteiger partial charge in [0, 0.05) is 31.3 Å². The fourth-order valence-corrected chi connectivity index (χ4v) is 1.77. The van der Waals surface area contributed by atoms with E-state index in [1.54, 1.807) is 4.90 Å². The molecular formula is C13H17NO3. The zero-order chi connectivity index (χ0) is 12.3. The lowest BCUT2D eigenvalue weighted by atomic mass is 10.1. The molecule has 0 aliphatic carbocycles. The molecule has 0 spiro atoms. The number of ether oxygens (including phenoxy) is 2. The van der Waals surface area contributed by atoms with Crippen LogP contribution in [0.25, 0.3) is 0 Å². The van der Waals surface area contributed by atoms with Crippen molar-refractivity contribution < 1.29 is 14.3 Å². The summed E-state index contributed by atoms with van der Waals surface area (Å²) in [5, 5.41) is 0. The van der Waals surface area contributed by atoms with Crippen LogP contribution in [0.2, 0.25) is 0 Å². The number of anilines is 1. The molecule has 1 aliphatic rings. The Labute approximate surface area is 101 Å². The molecule has 1 aromatic carbocycles. The van der Waals surface area contributed by atoms with Crippen LogP contribution in [-0.2, 0) is 9.53 Å². The van der Waals surface area contributed by atoms with E-state index in [0.717, 1.165) is 18.0 Å². The Hall–Kier alpha value is -1.55. The van der Waals surface area contributed by atoms with Crippen molar-refractivity contribution in [3.05, 3.63) is 24.3 Å². The molecular weight excluding hydrogens is 218 g/mol. The molecule has 1 aliphatic heterocycles. The minimum Gasteiger partial charge on any atom is -0.465 e. The minimum atomic E-state index is -0.276. The smallest absolute Gasteiger partial charge is 0.228 e. The maximum Gasteiger partial charge on any atom is 0.228 e. The van der Waals surface area contributed by atoms with Crippen LogP contribution in [-0.4, -0.2) is 25.3 Å². The van der Waals surface area contributed by atoms with E-state index < -0.39 is 0 Å². The zero-order valence-electron chi connectivity index (χ0n) is 10.2. The van der Waals surface area contributed by atoms with Gasteiger partial charge >= 0.3 is 0 Å². The van der Waals surface area contributed by atoms with Crippen LogP contribution in [0.3, 0.4) is 0 Å². The number of benzene rings is 1. The number of amides is 1. The van der Waals surface area contributed by atoms with Crippen molar-refractivity contribution >= 4 is 11.6 Å². The van der Waals surface area contributed by atoms with Gasteiger partial charge in [-0.05, 0) is 26.0 Å². The van der Waals surface area contributed by atoms with Gasteiger partial charge in [0.25, 0.3) is 0 Å². The molecule has 0 bridgehead atoms. The number of carbonyl (C=O) groups excluding carboxylic acids is 1. The Morgan fingerprint density at radius 3 is 2.88 bits per heavy atom. The van der Waals surface area contributed by atoms with Gasteiger partial charge in [0.1, 0.15) is 5.75 Å². The van der Waals surface area contributed by atoms with Gasteiger partial charge in [-0.3, -0.25) is 4.79 Å². The molecule has 0 saturated carbocycles. The van der Waals surface area contributed by atoms with Crippen LogP contribution in [0.15, 0.2) is 24.3 Å². The maximum atomic E-state index is 11.3. The van der Waals surface area contributed by atoms with Gasteiger partial charge in [-0.15, -0.1) is 0 Å². The second-order valence-corrected chi connectivity index (χ2v) is 3.93. The zero-order valence-corrected chi connectivity index (χ0v) is 10.2. The lowest BCUT2D eigenvalue weighted by Gasteiger charge is -2.30. The van der Waals surface area contributed by atoms with Crippen LogP contribution in [0.5, 0.6) is 5.75 Å². The van der Waals surface area contributed by atoms with Crippen molar-refractivity contribution in [2.75, 3.05) is 18.1 Å². The van der Waals surface area contributed by atoms with Crippen molar-refractivity contribution in [3.8, 4) is 5.75 Å². The summed E-state index contributed by atoms with van der Waals surface area (Å²) >= 11 is 0. The van der Waals surface area contributed by atoms with E-state index in [-0.39, 0.29) is 12.2 Å². The SMILES string of the molecule is CCOC(C)Oc1cccc(N2CCC2=O)c1. The molecule has 1 saturated heterocycles. The molecule has 0 radical (unpaired) electrons. The maximum absolute atomic E-state index is 11.3. The summed E-state index contributed by atoms with van der Waals surface area (Å²) in [5.74, 6) is 0.892. The molecule has 1 atom stereocenters. The Bertz CT molecular complexity index is 405. The van der Waals surface area contributed by atoms with Crippen molar-refractivity contribution in [1.82, 2.24) is 0 Å². The first-order chi connectivity index (χ1) is 8.20.